The van der Waals surface area contributed by atoms with E-state index in [-0.39, 0.29) is 17.1 Å². The predicted octanol–water partition coefficient (Wildman–Crippen LogP) is 3.93. The fourth-order valence-corrected chi connectivity index (χ4v) is 2.06. The van der Waals surface area contributed by atoms with Crippen molar-refractivity contribution >= 4 is 17.4 Å². The van der Waals surface area contributed by atoms with Gasteiger partial charge in [-0.15, -0.1) is 0 Å². The molecule has 0 atom stereocenters. The van der Waals surface area contributed by atoms with Crippen LogP contribution in [0.2, 0.25) is 5.02 Å². The molecule has 4 nitrogen and oxygen atoms in total. The fraction of sp³-hybridized carbons (Fsp3) is 0.133. The quantitative estimate of drug-likeness (QED) is 0.389. The number of hydrogen-bond acceptors (Lipinski definition) is 3. The molecule has 0 fully saturated rings. The average molecular weight is 309 g/mol. The summed E-state index contributed by atoms with van der Waals surface area (Å²) in [5.74, 6) is -0.229. The van der Waals surface area contributed by atoms with Gasteiger partial charge in [0.05, 0.1) is 0 Å². The summed E-state index contributed by atoms with van der Waals surface area (Å²) in [5.41, 5.74) is 6.59. The molecule has 0 spiro atoms. The van der Waals surface area contributed by atoms with Crippen molar-refractivity contribution in [1.82, 2.24) is 0 Å². The molecule has 6 heteroatoms. The van der Waals surface area contributed by atoms with Crippen LogP contribution in [0.15, 0.2) is 41.6 Å². The summed E-state index contributed by atoms with van der Waals surface area (Å²) < 4.78 is 19.4. The number of oxime groups is 1. The highest BCUT2D eigenvalue weighted by atomic mass is 35.5. The summed E-state index contributed by atoms with van der Waals surface area (Å²) >= 11 is 6.02. The number of ether oxygens (including phenoxy) is 1. The minimum absolute atomic E-state index is 0.0499. The van der Waals surface area contributed by atoms with E-state index in [4.69, 9.17) is 27.3 Å². The molecule has 0 heterocycles. The van der Waals surface area contributed by atoms with E-state index in [1.807, 2.05) is 6.92 Å². The summed E-state index contributed by atoms with van der Waals surface area (Å²) in [7, 11) is 0. The van der Waals surface area contributed by atoms with Crippen LogP contribution in [0.5, 0.6) is 11.5 Å². The normalized spacial score (nSPS) is 11.5. The van der Waals surface area contributed by atoms with Crippen molar-refractivity contribution in [3.8, 4) is 11.5 Å². The third-order valence-corrected chi connectivity index (χ3v) is 3.33. The number of amidine groups is 1. The fourth-order valence-electron chi connectivity index (χ4n) is 1.81. The Hall–Kier alpha value is -2.27. The van der Waals surface area contributed by atoms with Crippen LogP contribution in [-0.4, -0.2) is 11.0 Å². The van der Waals surface area contributed by atoms with Crippen LogP contribution in [0.4, 0.5) is 4.39 Å². The van der Waals surface area contributed by atoms with E-state index in [1.54, 1.807) is 18.2 Å². The Morgan fingerprint density at radius 1 is 1.33 bits per heavy atom. The first-order valence-corrected chi connectivity index (χ1v) is 6.66. The molecule has 2 aromatic rings. The Morgan fingerprint density at radius 2 is 2.10 bits per heavy atom. The molecule has 0 aromatic heterocycles. The molecule has 0 amide bonds. The number of rotatable bonds is 4. The molecule has 0 saturated carbocycles. The third kappa shape index (κ3) is 3.44. The highest BCUT2D eigenvalue weighted by Gasteiger charge is 2.09. The van der Waals surface area contributed by atoms with E-state index in [0.29, 0.717) is 10.8 Å². The van der Waals surface area contributed by atoms with Crippen LogP contribution in [0.3, 0.4) is 0 Å². The molecule has 0 aliphatic rings. The van der Waals surface area contributed by atoms with Gasteiger partial charge in [-0.2, -0.15) is 0 Å². The maximum atomic E-state index is 14.0. The first kappa shape index (κ1) is 15.1. The Morgan fingerprint density at radius 3 is 2.71 bits per heavy atom. The van der Waals surface area contributed by atoms with Gasteiger partial charge in [0, 0.05) is 10.6 Å². The smallest absolute Gasteiger partial charge is 0.170 e. The van der Waals surface area contributed by atoms with Gasteiger partial charge in [-0.3, -0.25) is 0 Å². The van der Waals surface area contributed by atoms with Crippen LogP contribution in [0.25, 0.3) is 0 Å². The van der Waals surface area contributed by atoms with Crippen molar-refractivity contribution in [2.24, 2.45) is 10.9 Å². The molecule has 2 rings (SSSR count). The van der Waals surface area contributed by atoms with Gasteiger partial charge in [0.15, 0.2) is 17.4 Å². The zero-order valence-electron chi connectivity index (χ0n) is 11.3. The first-order chi connectivity index (χ1) is 10.0. The van der Waals surface area contributed by atoms with Crippen molar-refractivity contribution in [2.75, 3.05) is 0 Å². The predicted molar refractivity (Wildman–Crippen MR) is 79.8 cm³/mol. The summed E-state index contributed by atoms with van der Waals surface area (Å²) in [5, 5.41) is 12.0. The van der Waals surface area contributed by atoms with Crippen LogP contribution in [0.1, 0.15) is 18.1 Å². The minimum atomic E-state index is -0.605. The first-order valence-electron chi connectivity index (χ1n) is 6.29. The number of benzene rings is 2. The van der Waals surface area contributed by atoms with E-state index in [0.717, 1.165) is 18.1 Å². The summed E-state index contributed by atoms with van der Waals surface area (Å²) in [6, 6.07) is 9.20. The molecule has 110 valence electrons. The number of aryl methyl sites for hydroxylation is 1. The standard InChI is InChI=1S/C15H14ClFN2O2/c1-2-9-7-11(4-5-12(9)16)21-14-6-3-10(8-13(14)17)15(18)19-20/h3-8,20H,2H2,1H3,(H2,18,19). The second-order valence-electron chi connectivity index (χ2n) is 4.34. The molecule has 2 aromatic carbocycles. The zero-order valence-corrected chi connectivity index (χ0v) is 12.1. The maximum Gasteiger partial charge on any atom is 0.170 e. The van der Waals surface area contributed by atoms with E-state index in [2.05, 4.69) is 5.16 Å². The molecule has 0 saturated heterocycles. The molecule has 0 unspecified atom stereocenters. The molecular weight excluding hydrogens is 295 g/mol. The summed E-state index contributed by atoms with van der Waals surface area (Å²) in [6.45, 7) is 1.97. The molecule has 21 heavy (non-hydrogen) atoms. The highest BCUT2D eigenvalue weighted by Crippen LogP contribution is 2.28. The number of halogens is 2. The zero-order chi connectivity index (χ0) is 15.4. The molecule has 0 aliphatic heterocycles. The third-order valence-electron chi connectivity index (χ3n) is 2.96. The molecule has 0 aliphatic carbocycles. The largest absolute Gasteiger partial charge is 0.454 e. The van der Waals surface area contributed by atoms with E-state index in [1.165, 1.54) is 12.1 Å². The van der Waals surface area contributed by atoms with Gasteiger partial charge in [-0.1, -0.05) is 23.7 Å². The van der Waals surface area contributed by atoms with Crippen LogP contribution in [-0.2, 0) is 6.42 Å². The number of nitrogens with zero attached hydrogens (tertiary/aromatic N) is 1. The van der Waals surface area contributed by atoms with E-state index >= 15 is 0 Å². The molecular formula is C15H14ClFN2O2. The van der Waals surface area contributed by atoms with Crippen LogP contribution < -0.4 is 10.5 Å². The monoisotopic (exact) mass is 308 g/mol. The lowest BCUT2D eigenvalue weighted by Gasteiger charge is -2.10. The average Bonchev–Trinajstić information content (AvgIpc) is 2.50. The Balaban J connectivity index is 2.28. The molecule has 3 N–H and O–H groups in total. The number of nitrogens with two attached hydrogens (primary N) is 1. The molecule has 0 bridgehead atoms. The second-order valence-corrected chi connectivity index (χ2v) is 4.75. The van der Waals surface area contributed by atoms with Gasteiger partial charge in [-0.05, 0) is 48.4 Å². The lowest BCUT2D eigenvalue weighted by atomic mass is 10.1. The molecule has 0 radical (unpaired) electrons. The van der Waals surface area contributed by atoms with Crippen molar-refractivity contribution in [3.63, 3.8) is 0 Å². The van der Waals surface area contributed by atoms with Crippen molar-refractivity contribution in [1.29, 1.82) is 0 Å². The second kappa shape index (κ2) is 6.45. The number of hydrogen-bond donors (Lipinski definition) is 2. The van der Waals surface area contributed by atoms with Gasteiger partial charge >= 0.3 is 0 Å². The Kier molecular flexibility index (Phi) is 4.65. The Labute approximate surface area is 126 Å². The van der Waals surface area contributed by atoms with Gasteiger partial charge in [0.1, 0.15) is 5.75 Å². The lowest BCUT2D eigenvalue weighted by Crippen LogP contribution is -2.13. The SMILES string of the molecule is CCc1cc(Oc2ccc(/C(N)=N/O)cc2F)ccc1Cl. The summed E-state index contributed by atoms with van der Waals surface area (Å²) in [6.07, 6.45) is 0.751. The Bertz CT molecular complexity index is 689. The van der Waals surface area contributed by atoms with Crippen molar-refractivity contribution in [2.45, 2.75) is 13.3 Å². The van der Waals surface area contributed by atoms with Crippen LogP contribution >= 0.6 is 11.6 Å². The van der Waals surface area contributed by atoms with Crippen LogP contribution in [0, 0.1) is 5.82 Å². The summed E-state index contributed by atoms with van der Waals surface area (Å²) in [4.78, 5) is 0. The van der Waals surface area contributed by atoms with Gasteiger partial charge in [0.2, 0.25) is 0 Å². The highest BCUT2D eigenvalue weighted by molar-refractivity contribution is 6.31. The van der Waals surface area contributed by atoms with Gasteiger partial charge in [0.25, 0.3) is 0 Å². The topological polar surface area (TPSA) is 67.8 Å². The van der Waals surface area contributed by atoms with E-state index in [9.17, 15) is 4.39 Å². The minimum Gasteiger partial charge on any atom is -0.454 e. The van der Waals surface area contributed by atoms with E-state index < -0.39 is 5.82 Å². The van der Waals surface area contributed by atoms with Gasteiger partial charge < -0.3 is 15.7 Å². The van der Waals surface area contributed by atoms with Crippen molar-refractivity contribution < 1.29 is 14.3 Å². The van der Waals surface area contributed by atoms with Crippen molar-refractivity contribution in [3.05, 3.63) is 58.4 Å². The maximum absolute atomic E-state index is 14.0. The van der Waals surface area contributed by atoms with Gasteiger partial charge in [-0.25, -0.2) is 4.39 Å². The lowest BCUT2D eigenvalue weighted by molar-refractivity contribution is 0.318.